The van der Waals surface area contributed by atoms with Crippen LogP contribution >= 0.6 is 0 Å². The van der Waals surface area contributed by atoms with Gasteiger partial charge in [0.15, 0.2) is 0 Å². The van der Waals surface area contributed by atoms with E-state index < -0.39 is 24.4 Å². The predicted octanol–water partition coefficient (Wildman–Crippen LogP) is -2.07. The normalized spacial score (nSPS) is 42.6. The predicted molar refractivity (Wildman–Crippen MR) is 38.0 cm³/mol. The van der Waals surface area contributed by atoms with E-state index in [9.17, 15) is 10.2 Å². The lowest BCUT2D eigenvalue weighted by atomic mass is 10.1. The van der Waals surface area contributed by atoms with Gasteiger partial charge in [0.25, 0.3) is 0 Å². The van der Waals surface area contributed by atoms with Crippen LogP contribution in [0.3, 0.4) is 0 Å². The van der Waals surface area contributed by atoms with Gasteiger partial charge in [-0.2, -0.15) is 0 Å². The third kappa shape index (κ3) is 1.56. The Bertz CT molecular complexity index is 173. The van der Waals surface area contributed by atoms with E-state index in [2.05, 4.69) is 5.16 Å². The fraction of sp³-hybridized carbons (Fsp3) is 0.833. The van der Waals surface area contributed by atoms with E-state index in [1.54, 1.807) is 0 Å². The van der Waals surface area contributed by atoms with Crippen LogP contribution in [-0.2, 0) is 4.74 Å². The molecular formula is C6H11NO5. The lowest BCUT2D eigenvalue weighted by Gasteiger charge is -2.10. The van der Waals surface area contributed by atoms with Crippen molar-refractivity contribution in [3.05, 3.63) is 0 Å². The highest BCUT2D eigenvalue weighted by Crippen LogP contribution is 2.19. The van der Waals surface area contributed by atoms with Gasteiger partial charge in [-0.3, -0.25) is 0 Å². The van der Waals surface area contributed by atoms with Gasteiger partial charge in [0.05, 0.1) is 12.8 Å². The van der Waals surface area contributed by atoms with Gasteiger partial charge in [-0.15, -0.1) is 0 Å². The summed E-state index contributed by atoms with van der Waals surface area (Å²) in [4.78, 5) is 0. The highest BCUT2D eigenvalue weighted by molar-refractivity contribution is 5.64. The monoisotopic (exact) mass is 177 g/mol. The molecule has 6 nitrogen and oxygen atoms in total. The SMILES string of the molecule is OC[C@H]1OC(C=NO)[C@H](O)[C@@H]1O. The average Bonchev–Trinajstić information content (AvgIpc) is 2.33. The molecule has 12 heavy (non-hydrogen) atoms. The number of aliphatic hydroxyl groups is 3. The summed E-state index contributed by atoms with van der Waals surface area (Å²) in [5, 5.41) is 37.8. The molecule has 1 unspecified atom stereocenters. The molecule has 0 spiro atoms. The minimum atomic E-state index is -1.15. The first kappa shape index (κ1) is 9.40. The molecule has 0 aliphatic carbocycles. The molecule has 0 aromatic rings. The number of oxime groups is 1. The largest absolute Gasteiger partial charge is 0.411 e. The van der Waals surface area contributed by atoms with Crippen LogP contribution in [0.2, 0.25) is 0 Å². The Morgan fingerprint density at radius 1 is 1.33 bits per heavy atom. The fourth-order valence-electron chi connectivity index (χ4n) is 1.12. The maximum atomic E-state index is 9.20. The molecule has 0 saturated carbocycles. The number of hydrogen-bond acceptors (Lipinski definition) is 6. The molecule has 0 bridgehead atoms. The lowest BCUT2D eigenvalue weighted by molar-refractivity contribution is -0.00975. The molecule has 0 amide bonds. The second-order valence-electron chi connectivity index (χ2n) is 2.57. The number of nitrogens with zero attached hydrogens (tertiary/aromatic N) is 1. The zero-order valence-electron chi connectivity index (χ0n) is 6.24. The summed E-state index contributed by atoms with van der Waals surface area (Å²) in [6.45, 7) is -0.381. The zero-order valence-corrected chi connectivity index (χ0v) is 6.24. The molecule has 1 saturated heterocycles. The Morgan fingerprint density at radius 2 is 2.00 bits per heavy atom. The molecule has 1 heterocycles. The van der Waals surface area contributed by atoms with Gasteiger partial charge < -0.3 is 25.3 Å². The van der Waals surface area contributed by atoms with Crippen LogP contribution in [0, 0.1) is 0 Å². The first-order chi connectivity index (χ1) is 5.70. The van der Waals surface area contributed by atoms with E-state index in [-0.39, 0.29) is 6.61 Å². The molecule has 4 atom stereocenters. The van der Waals surface area contributed by atoms with Crippen molar-refractivity contribution in [1.29, 1.82) is 0 Å². The standard InChI is InChI=1S/C6H11NO5/c8-2-4-6(10)5(9)3(12-4)1-7-11/h1,3-6,8-11H,2H2/t3?,4-,5+,6-/m1/s1. The van der Waals surface area contributed by atoms with E-state index in [0.717, 1.165) is 6.21 Å². The third-order valence-electron chi connectivity index (χ3n) is 1.79. The summed E-state index contributed by atoms with van der Waals surface area (Å²) >= 11 is 0. The van der Waals surface area contributed by atoms with Crippen molar-refractivity contribution >= 4 is 6.21 Å². The first-order valence-electron chi connectivity index (χ1n) is 3.50. The van der Waals surface area contributed by atoms with Crippen LogP contribution in [0.4, 0.5) is 0 Å². The van der Waals surface area contributed by atoms with Crippen molar-refractivity contribution in [2.24, 2.45) is 5.16 Å². The summed E-state index contributed by atoms with van der Waals surface area (Å²) in [7, 11) is 0. The highest BCUT2D eigenvalue weighted by atomic mass is 16.6. The Labute approximate surface area is 68.7 Å². The van der Waals surface area contributed by atoms with Crippen molar-refractivity contribution in [2.75, 3.05) is 6.61 Å². The van der Waals surface area contributed by atoms with E-state index in [1.807, 2.05) is 0 Å². The number of hydrogen-bond donors (Lipinski definition) is 4. The van der Waals surface area contributed by atoms with Gasteiger partial charge in [0.1, 0.15) is 24.4 Å². The maximum absolute atomic E-state index is 9.20. The molecule has 1 aliphatic heterocycles. The Morgan fingerprint density at radius 3 is 2.42 bits per heavy atom. The van der Waals surface area contributed by atoms with Crippen LogP contribution in [0.15, 0.2) is 5.16 Å². The minimum absolute atomic E-state index is 0.381. The number of aliphatic hydroxyl groups excluding tert-OH is 3. The van der Waals surface area contributed by atoms with Crippen LogP contribution in [0.5, 0.6) is 0 Å². The smallest absolute Gasteiger partial charge is 0.125 e. The Hall–Kier alpha value is -0.690. The summed E-state index contributed by atoms with van der Waals surface area (Å²) in [5.41, 5.74) is 0. The summed E-state index contributed by atoms with van der Waals surface area (Å²) in [5.74, 6) is 0. The molecule has 1 aliphatic rings. The molecule has 4 N–H and O–H groups in total. The molecule has 70 valence electrons. The van der Waals surface area contributed by atoms with Crippen LogP contribution in [-0.4, -0.2) is 57.8 Å². The lowest BCUT2D eigenvalue weighted by Crippen LogP contribution is -2.34. The molecule has 1 rings (SSSR count). The van der Waals surface area contributed by atoms with E-state index in [1.165, 1.54) is 0 Å². The fourth-order valence-corrected chi connectivity index (χ4v) is 1.12. The molecule has 0 aromatic heterocycles. The van der Waals surface area contributed by atoms with Crippen LogP contribution < -0.4 is 0 Å². The quantitative estimate of drug-likeness (QED) is 0.220. The molecule has 0 aromatic carbocycles. The second kappa shape index (κ2) is 3.81. The minimum Gasteiger partial charge on any atom is -0.411 e. The molecule has 0 radical (unpaired) electrons. The third-order valence-corrected chi connectivity index (χ3v) is 1.79. The molecular weight excluding hydrogens is 166 g/mol. The van der Waals surface area contributed by atoms with Crippen molar-refractivity contribution in [3.8, 4) is 0 Å². The zero-order chi connectivity index (χ0) is 9.14. The van der Waals surface area contributed by atoms with Crippen LogP contribution in [0.25, 0.3) is 0 Å². The highest BCUT2D eigenvalue weighted by Gasteiger charge is 2.41. The van der Waals surface area contributed by atoms with Crippen LogP contribution in [0.1, 0.15) is 0 Å². The van der Waals surface area contributed by atoms with E-state index in [4.69, 9.17) is 15.1 Å². The van der Waals surface area contributed by atoms with Gasteiger partial charge in [0.2, 0.25) is 0 Å². The summed E-state index contributed by atoms with van der Waals surface area (Å²) < 4.78 is 4.92. The van der Waals surface area contributed by atoms with Gasteiger partial charge in [-0.25, -0.2) is 0 Å². The number of ether oxygens (including phenoxy) is 1. The topological polar surface area (TPSA) is 103 Å². The maximum Gasteiger partial charge on any atom is 0.125 e. The van der Waals surface area contributed by atoms with Crippen molar-refractivity contribution in [2.45, 2.75) is 24.4 Å². The second-order valence-corrected chi connectivity index (χ2v) is 2.57. The van der Waals surface area contributed by atoms with Crippen molar-refractivity contribution < 1.29 is 25.3 Å². The average molecular weight is 177 g/mol. The molecule has 6 heteroatoms. The van der Waals surface area contributed by atoms with Crippen molar-refractivity contribution in [3.63, 3.8) is 0 Å². The van der Waals surface area contributed by atoms with Gasteiger partial charge in [-0.1, -0.05) is 5.16 Å². The van der Waals surface area contributed by atoms with Gasteiger partial charge in [-0.05, 0) is 0 Å². The Kier molecular flexibility index (Phi) is 2.99. The number of rotatable bonds is 2. The van der Waals surface area contributed by atoms with Gasteiger partial charge in [0, 0.05) is 0 Å². The van der Waals surface area contributed by atoms with E-state index >= 15 is 0 Å². The first-order valence-corrected chi connectivity index (χ1v) is 3.50. The summed E-state index contributed by atoms with van der Waals surface area (Å²) in [6.07, 6.45) is -3.01. The van der Waals surface area contributed by atoms with E-state index in [0.29, 0.717) is 0 Å². The molecule has 1 fully saturated rings. The summed E-state index contributed by atoms with van der Waals surface area (Å²) in [6, 6.07) is 0. The van der Waals surface area contributed by atoms with Crippen molar-refractivity contribution in [1.82, 2.24) is 0 Å². The van der Waals surface area contributed by atoms with Gasteiger partial charge >= 0.3 is 0 Å². The Balaban J connectivity index is 2.60.